The Kier molecular flexibility index (Phi) is 9.14. The quantitative estimate of drug-likeness (QED) is 0.271. The van der Waals surface area contributed by atoms with Gasteiger partial charge in [0.05, 0.1) is 12.5 Å². The van der Waals surface area contributed by atoms with Crippen molar-refractivity contribution in [3.63, 3.8) is 0 Å². The summed E-state index contributed by atoms with van der Waals surface area (Å²) >= 11 is 0. The van der Waals surface area contributed by atoms with Crippen LogP contribution in [0.1, 0.15) is 64.8 Å². The summed E-state index contributed by atoms with van der Waals surface area (Å²) in [5.41, 5.74) is 5.94. The second-order valence-electron chi connectivity index (χ2n) is 9.84. The van der Waals surface area contributed by atoms with Gasteiger partial charge in [-0.1, -0.05) is 61.9 Å². The molecule has 0 saturated carbocycles. The van der Waals surface area contributed by atoms with Crippen LogP contribution in [-0.2, 0) is 24.1 Å². The molecule has 1 aliphatic rings. The van der Waals surface area contributed by atoms with Crippen LogP contribution in [0.25, 0.3) is 0 Å². The molecule has 3 aromatic carbocycles. The van der Waals surface area contributed by atoms with Crippen molar-refractivity contribution in [2.45, 2.75) is 51.5 Å². The van der Waals surface area contributed by atoms with E-state index in [4.69, 9.17) is 5.11 Å². The number of aryl methyl sites for hydroxylation is 1. The van der Waals surface area contributed by atoms with Gasteiger partial charge in [-0.05, 0) is 78.1 Å². The number of hydrogen-bond acceptors (Lipinski definition) is 3. The Labute approximate surface area is 223 Å². The van der Waals surface area contributed by atoms with E-state index in [1.54, 1.807) is 12.1 Å². The highest BCUT2D eigenvalue weighted by molar-refractivity contribution is 5.94. The average Bonchev–Trinajstić information content (AvgIpc) is 3.35. The van der Waals surface area contributed by atoms with Crippen LogP contribution in [0.15, 0.2) is 72.8 Å². The minimum atomic E-state index is -0.960. The molecule has 1 atom stereocenters. The number of rotatable bonds is 11. The second kappa shape index (κ2) is 12.9. The summed E-state index contributed by atoms with van der Waals surface area (Å²) in [7, 11) is 0. The number of carbonyl (C=O) groups is 3. The molecule has 0 bridgehead atoms. The van der Waals surface area contributed by atoms with Crippen molar-refractivity contribution >= 4 is 23.6 Å². The number of anilines is 1. The first kappa shape index (κ1) is 26.9. The monoisotopic (exact) mass is 513 g/mol. The van der Waals surface area contributed by atoms with Crippen LogP contribution in [0.3, 0.4) is 0 Å². The van der Waals surface area contributed by atoms with Gasteiger partial charge in [0, 0.05) is 17.8 Å². The lowest BCUT2D eigenvalue weighted by molar-refractivity contribution is -0.136. The molecule has 0 heterocycles. The first-order chi connectivity index (χ1) is 18.4. The van der Waals surface area contributed by atoms with Gasteiger partial charge >= 0.3 is 12.0 Å². The van der Waals surface area contributed by atoms with E-state index < -0.39 is 5.97 Å². The van der Waals surface area contributed by atoms with E-state index in [1.165, 1.54) is 16.7 Å². The maximum absolute atomic E-state index is 13.1. The summed E-state index contributed by atoms with van der Waals surface area (Å²) in [6.07, 6.45) is 4.89. The Morgan fingerprint density at radius 1 is 0.921 bits per heavy atom. The van der Waals surface area contributed by atoms with E-state index >= 15 is 0 Å². The van der Waals surface area contributed by atoms with Crippen molar-refractivity contribution in [2.24, 2.45) is 5.92 Å². The Morgan fingerprint density at radius 3 is 2.18 bits per heavy atom. The van der Waals surface area contributed by atoms with Crippen molar-refractivity contribution in [3.8, 4) is 0 Å². The highest BCUT2D eigenvalue weighted by atomic mass is 16.4. The fourth-order valence-corrected chi connectivity index (χ4v) is 4.97. The number of aliphatic carboxylic acids is 1. The van der Waals surface area contributed by atoms with Gasteiger partial charge in [-0.15, -0.1) is 0 Å². The number of unbranched alkanes of at least 4 members (excludes halogenated alkanes) is 1. The number of carbonyl (C=O) groups excluding carboxylic acids is 2. The minimum absolute atomic E-state index is 0.0696. The van der Waals surface area contributed by atoms with Crippen molar-refractivity contribution < 1.29 is 19.5 Å². The SMILES string of the molecule is CCCCc1ccc(NC(=O)NC(c2ccc(C(=O)NCCC(=O)O)cc2)C2Cc3ccccc3C2)cc1. The summed E-state index contributed by atoms with van der Waals surface area (Å²) in [5.74, 6) is -1.11. The lowest BCUT2D eigenvalue weighted by atomic mass is 9.90. The number of benzene rings is 3. The molecule has 0 aromatic heterocycles. The Balaban J connectivity index is 1.46. The predicted molar refractivity (Wildman–Crippen MR) is 148 cm³/mol. The topological polar surface area (TPSA) is 108 Å². The van der Waals surface area contributed by atoms with E-state index in [0.29, 0.717) is 5.56 Å². The van der Waals surface area contributed by atoms with E-state index in [1.807, 2.05) is 36.4 Å². The number of carboxylic acid groups (broad SMARTS) is 1. The highest BCUT2D eigenvalue weighted by Gasteiger charge is 2.31. The molecule has 4 N–H and O–H groups in total. The zero-order valence-electron chi connectivity index (χ0n) is 21.7. The van der Waals surface area contributed by atoms with Crippen molar-refractivity contribution in [2.75, 3.05) is 11.9 Å². The third kappa shape index (κ3) is 7.22. The molecule has 38 heavy (non-hydrogen) atoms. The molecule has 198 valence electrons. The molecule has 7 heteroatoms. The van der Waals surface area contributed by atoms with Gasteiger partial charge in [-0.2, -0.15) is 0 Å². The molecule has 1 unspecified atom stereocenters. The van der Waals surface area contributed by atoms with Crippen LogP contribution in [0.5, 0.6) is 0 Å². The van der Waals surface area contributed by atoms with E-state index in [2.05, 4.69) is 47.1 Å². The van der Waals surface area contributed by atoms with Crippen LogP contribution < -0.4 is 16.0 Å². The van der Waals surface area contributed by atoms with Crippen molar-refractivity contribution in [3.05, 3.63) is 101 Å². The van der Waals surface area contributed by atoms with Gasteiger partial charge in [0.1, 0.15) is 0 Å². The Hall–Kier alpha value is -4.13. The van der Waals surface area contributed by atoms with Crippen molar-refractivity contribution in [1.82, 2.24) is 10.6 Å². The van der Waals surface area contributed by atoms with E-state index in [-0.39, 0.29) is 36.9 Å². The normalized spacial score (nSPS) is 13.4. The molecule has 0 saturated heterocycles. The molecule has 4 rings (SSSR count). The number of carboxylic acids is 1. The standard InChI is InChI=1S/C31H35N3O4/c1-2-3-6-21-9-15-27(16-10-21)33-31(38)34-29(26-19-24-7-4-5-8-25(24)20-26)22-11-13-23(14-12-22)30(37)32-18-17-28(35)36/h4-5,7-16,26,29H,2-3,6,17-20H2,1H3,(H,32,37)(H,35,36)(H2,33,34,38). The third-order valence-corrected chi connectivity index (χ3v) is 7.03. The largest absolute Gasteiger partial charge is 0.481 e. The summed E-state index contributed by atoms with van der Waals surface area (Å²) in [4.78, 5) is 36.2. The lowest BCUT2D eigenvalue weighted by Crippen LogP contribution is -2.37. The van der Waals surface area contributed by atoms with Gasteiger partial charge in [0.2, 0.25) is 0 Å². The van der Waals surface area contributed by atoms with Gasteiger partial charge in [-0.3, -0.25) is 9.59 Å². The zero-order chi connectivity index (χ0) is 26.9. The number of nitrogens with one attached hydrogen (secondary N) is 3. The van der Waals surface area contributed by atoms with Crippen LogP contribution in [0.2, 0.25) is 0 Å². The smallest absolute Gasteiger partial charge is 0.319 e. The zero-order valence-corrected chi connectivity index (χ0v) is 21.7. The van der Waals surface area contributed by atoms with Crippen LogP contribution in [-0.4, -0.2) is 29.6 Å². The van der Waals surface area contributed by atoms with Crippen molar-refractivity contribution in [1.29, 1.82) is 0 Å². The average molecular weight is 514 g/mol. The Bertz CT molecular complexity index is 1230. The fraction of sp³-hybridized carbons (Fsp3) is 0.323. The first-order valence-electron chi connectivity index (χ1n) is 13.3. The molecule has 0 aliphatic heterocycles. The molecular weight excluding hydrogens is 478 g/mol. The molecule has 3 aromatic rings. The number of urea groups is 1. The summed E-state index contributed by atoms with van der Waals surface area (Å²) in [6, 6.07) is 23.0. The summed E-state index contributed by atoms with van der Waals surface area (Å²) in [5, 5.41) is 17.6. The van der Waals surface area contributed by atoms with E-state index in [0.717, 1.165) is 43.4 Å². The molecule has 7 nitrogen and oxygen atoms in total. The minimum Gasteiger partial charge on any atom is -0.481 e. The molecule has 3 amide bonds. The first-order valence-corrected chi connectivity index (χ1v) is 13.3. The van der Waals surface area contributed by atoms with Crippen LogP contribution in [0.4, 0.5) is 10.5 Å². The number of fused-ring (bicyclic) bond motifs is 1. The maximum atomic E-state index is 13.1. The number of hydrogen-bond donors (Lipinski definition) is 4. The second-order valence-corrected chi connectivity index (χ2v) is 9.84. The Morgan fingerprint density at radius 2 is 1.58 bits per heavy atom. The fourth-order valence-electron chi connectivity index (χ4n) is 4.97. The van der Waals surface area contributed by atoms with Crippen LogP contribution >= 0.6 is 0 Å². The van der Waals surface area contributed by atoms with Gasteiger partial charge in [0.25, 0.3) is 5.91 Å². The van der Waals surface area contributed by atoms with Gasteiger partial charge in [0.15, 0.2) is 0 Å². The summed E-state index contributed by atoms with van der Waals surface area (Å²) in [6.45, 7) is 2.24. The third-order valence-electron chi connectivity index (χ3n) is 7.03. The molecule has 0 radical (unpaired) electrons. The summed E-state index contributed by atoms with van der Waals surface area (Å²) < 4.78 is 0. The maximum Gasteiger partial charge on any atom is 0.319 e. The van der Waals surface area contributed by atoms with E-state index in [9.17, 15) is 14.4 Å². The predicted octanol–water partition coefficient (Wildman–Crippen LogP) is 5.51. The highest BCUT2D eigenvalue weighted by Crippen LogP contribution is 2.35. The molecule has 0 fully saturated rings. The number of amides is 3. The molecular formula is C31H35N3O4. The molecule has 0 spiro atoms. The lowest BCUT2D eigenvalue weighted by Gasteiger charge is -2.26. The van der Waals surface area contributed by atoms with Crippen LogP contribution in [0, 0.1) is 5.92 Å². The van der Waals surface area contributed by atoms with Gasteiger partial charge < -0.3 is 21.1 Å². The van der Waals surface area contributed by atoms with Gasteiger partial charge in [-0.25, -0.2) is 4.79 Å². The molecule has 1 aliphatic carbocycles.